The second kappa shape index (κ2) is 13.3. The first kappa shape index (κ1) is 26.0. The SMILES string of the molecule is CCCCCCNCCC.Cc1cc(C(C)C)n(-c2ccc(OC(F)(F)F)cc2)n1. The van der Waals surface area contributed by atoms with Gasteiger partial charge in [0.1, 0.15) is 5.75 Å². The zero-order valence-corrected chi connectivity index (χ0v) is 18.9. The smallest absolute Gasteiger partial charge is 0.406 e. The van der Waals surface area contributed by atoms with Crippen molar-refractivity contribution in [3.63, 3.8) is 0 Å². The van der Waals surface area contributed by atoms with Crippen LogP contribution in [-0.4, -0.2) is 29.2 Å². The highest BCUT2D eigenvalue weighted by molar-refractivity contribution is 5.39. The quantitative estimate of drug-likeness (QED) is 0.425. The summed E-state index contributed by atoms with van der Waals surface area (Å²) in [6, 6.07) is 7.64. The largest absolute Gasteiger partial charge is 0.573 e. The summed E-state index contributed by atoms with van der Waals surface area (Å²) < 4.78 is 41.9. The van der Waals surface area contributed by atoms with Crippen LogP contribution in [0.4, 0.5) is 13.2 Å². The Morgan fingerprint density at radius 3 is 2.20 bits per heavy atom. The first-order chi connectivity index (χ1) is 14.2. The number of hydrogen-bond donors (Lipinski definition) is 1. The number of benzene rings is 1. The van der Waals surface area contributed by atoms with Crippen molar-refractivity contribution in [2.75, 3.05) is 13.1 Å². The lowest BCUT2D eigenvalue weighted by Gasteiger charge is -2.12. The van der Waals surface area contributed by atoms with Crippen LogP contribution in [0, 0.1) is 6.92 Å². The summed E-state index contributed by atoms with van der Waals surface area (Å²) in [5, 5.41) is 7.75. The van der Waals surface area contributed by atoms with Crippen LogP contribution in [0.3, 0.4) is 0 Å². The lowest BCUT2D eigenvalue weighted by molar-refractivity contribution is -0.274. The Hall–Kier alpha value is -2.02. The summed E-state index contributed by atoms with van der Waals surface area (Å²) >= 11 is 0. The van der Waals surface area contributed by atoms with Gasteiger partial charge in [0.15, 0.2) is 0 Å². The summed E-state index contributed by atoms with van der Waals surface area (Å²) in [4.78, 5) is 0. The van der Waals surface area contributed by atoms with Crippen molar-refractivity contribution in [1.29, 1.82) is 0 Å². The molecule has 0 amide bonds. The molecule has 0 aliphatic carbocycles. The maximum Gasteiger partial charge on any atom is 0.573 e. The first-order valence-corrected chi connectivity index (χ1v) is 10.8. The van der Waals surface area contributed by atoms with E-state index in [1.54, 1.807) is 16.8 Å². The number of ether oxygens (including phenoxy) is 1. The van der Waals surface area contributed by atoms with E-state index < -0.39 is 6.36 Å². The Morgan fingerprint density at radius 1 is 1.00 bits per heavy atom. The van der Waals surface area contributed by atoms with Crippen LogP contribution in [0.15, 0.2) is 30.3 Å². The number of hydrogen-bond acceptors (Lipinski definition) is 3. The van der Waals surface area contributed by atoms with Crippen molar-refractivity contribution in [2.24, 2.45) is 0 Å². The van der Waals surface area contributed by atoms with E-state index >= 15 is 0 Å². The number of alkyl halides is 3. The molecule has 170 valence electrons. The van der Waals surface area contributed by atoms with Gasteiger partial charge in [-0.2, -0.15) is 5.10 Å². The van der Waals surface area contributed by atoms with Gasteiger partial charge in [-0.05, 0) is 69.1 Å². The van der Waals surface area contributed by atoms with Gasteiger partial charge in [0.2, 0.25) is 0 Å². The molecule has 1 aromatic carbocycles. The monoisotopic (exact) mass is 427 g/mol. The molecule has 0 atom stereocenters. The van der Waals surface area contributed by atoms with Crippen molar-refractivity contribution < 1.29 is 17.9 Å². The number of rotatable bonds is 10. The summed E-state index contributed by atoms with van der Waals surface area (Å²) in [7, 11) is 0. The predicted molar refractivity (Wildman–Crippen MR) is 116 cm³/mol. The number of aromatic nitrogens is 2. The molecule has 0 saturated carbocycles. The van der Waals surface area contributed by atoms with Crippen molar-refractivity contribution in [3.05, 3.63) is 41.7 Å². The molecule has 4 nitrogen and oxygen atoms in total. The summed E-state index contributed by atoms with van der Waals surface area (Å²) in [5.74, 6) is 0.0264. The van der Waals surface area contributed by atoms with E-state index in [0.717, 1.165) is 11.4 Å². The summed E-state index contributed by atoms with van der Waals surface area (Å²) in [5.41, 5.74) is 2.58. The molecule has 0 fully saturated rings. The van der Waals surface area contributed by atoms with E-state index in [1.165, 1.54) is 57.3 Å². The van der Waals surface area contributed by atoms with Gasteiger partial charge >= 0.3 is 6.36 Å². The second-order valence-electron chi connectivity index (χ2n) is 7.63. The zero-order valence-electron chi connectivity index (χ0n) is 18.9. The van der Waals surface area contributed by atoms with Crippen LogP contribution in [0.1, 0.15) is 77.1 Å². The number of nitrogens with zero attached hydrogens (tertiary/aromatic N) is 2. The average molecular weight is 428 g/mol. The molecule has 1 N–H and O–H groups in total. The van der Waals surface area contributed by atoms with Crippen molar-refractivity contribution in [1.82, 2.24) is 15.1 Å². The average Bonchev–Trinajstić information content (AvgIpc) is 3.07. The Kier molecular flexibility index (Phi) is 11.5. The van der Waals surface area contributed by atoms with E-state index in [0.29, 0.717) is 5.69 Å². The van der Waals surface area contributed by atoms with Crippen LogP contribution >= 0.6 is 0 Å². The molecule has 2 aromatic rings. The molecule has 0 aliphatic heterocycles. The van der Waals surface area contributed by atoms with Gasteiger partial charge in [-0.3, -0.25) is 0 Å². The van der Waals surface area contributed by atoms with Gasteiger partial charge in [-0.15, -0.1) is 13.2 Å². The molecule has 1 aromatic heterocycles. The number of nitrogens with one attached hydrogen (secondary N) is 1. The Morgan fingerprint density at radius 2 is 1.67 bits per heavy atom. The number of halogens is 3. The van der Waals surface area contributed by atoms with E-state index in [4.69, 9.17) is 0 Å². The van der Waals surface area contributed by atoms with E-state index in [2.05, 4.69) is 29.0 Å². The van der Waals surface area contributed by atoms with Crippen molar-refractivity contribution in [3.8, 4) is 11.4 Å². The lowest BCUT2D eigenvalue weighted by atomic mass is 10.1. The van der Waals surface area contributed by atoms with Gasteiger partial charge in [-0.25, -0.2) is 4.68 Å². The molecule has 0 aliphatic rings. The first-order valence-electron chi connectivity index (χ1n) is 10.8. The van der Waals surface area contributed by atoms with Gasteiger partial charge in [0.05, 0.1) is 11.4 Å². The fourth-order valence-corrected chi connectivity index (χ4v) is 2.91. The Balaban J connectivity index is 0.000000382. The van der Waals surface area contributed by atoms with Crippen LogP contribution in [0.25, 0.3) is 5.69 Å². The maximum atomic E-state index is 12.1. The van der Waals surface area contributed by atoms with Crippen LogP contribution in [0.2, 0.25) is 0 Å². The molecule has 2 rings (SSSR count). The molecule has 0 saturated heterocycles. The van der Waals surface area contributed by atoms with Crippen molar-refractivity contribution in [2.45, 2.75) is 79.0 Å². The molecular weight excluding hydrogens is 391 g/mol. The minimum absolute atomic E-state index is 0.240. The molecule has 0 spiro atoms. The second-order valence-corrected chi connectivity index (χ2v) is 7.63. The number of unbranched alkanes of at least 4 members (excludes halogenated alkanes) is 3. The lowest BCUT2D eigenvalue weighted by Crippen LogP contribution is -2.17. The molecule has 7 heteroatoms. The standard InChI is InChI=1S/C14H15F3N2O.C9H21N/c1-9(2)13-8-10(3)18-19(13)11-4-6-12(7-5-11)20-14(15,16)17;1-3-5-6-7-9-10-8-4-2/h4-9H,1-3H3;10H,3-9H2,1-2H3. The highest BCUT2D eigenvalue weighted by Gasteiger charge is 2.31. The maximum absolute atomic E-state index is 12.1. The van der Waals surface area contributed by atoms with E-state index in [-0.39, 0.29) is 11.7 Å². The fraction of sp³-hybridized carbons (Fsp3) is 0.609. The van der Waals surface area contributed by atoms with E-state index in [9.17, 15) is 13.2 Å². The Labute approximate surface area is 178 Å². The predicted octanol–water partition coefficient (Wildman–Crippen LogP) is 6.77. The van der Waals surface area contributed by atoms with Gasteiger partial charge in [0.25, 0.3) is 0 Å². The fourth-order valence-electron chi connectivity index (χ4n) is 2.91. The molecular formula is C23H36F3N3O. The topological polar surface area (TPSA) is 39.1 Å². The highest BCUT2D eigenvalue weighted by Crippen LogP contribution is 2.25. The van der Waals surface area contributed by atoms with Crippen LogP contribution in [0.5, 0.6) is 5.75 Å². The summed E-state index contributed by atoms with van der Waals surface area (Å²) in [6.45, 7) is 12.8. The highest BCUT2D eigenvalue weighted by atomic mass is 19.4. The number of aryl methyl sites for hydroxylation is 1. The normalized spacial score (nSPS) is 11.4. The summed E-state index contributed by atoms with van der Waals surface area (Å²) in [6.07, 6.45) is 2.07. The van der Waals surface area contributed by atoms with E-state index in [1.807, 2.05) is 26.8 Å². The van der Waals surface area contributed by atoms with Crippen molar-refractivity contribution >= 4 is 0 Å². The van der Waals surface area contributed by atoms with Gasteiger partial charge in [-0.1, -0.05) is 47.0 Å². The van der Waals surface area contributed by atoms with Gasteiger partial charge < -0.3 is 10.1 Å². The van der Waals surface area contributed by atoms with Crippen LogP contribution in [-0.2, 0) is 0 Å². The zero-order chi connectivity index (χ0) is 22.6. The third-order valence-electron chi connectivity index (χ3n) is 4.40. The molecule has 30 heavy (non-hydrogen) atoms. The molecule has 0 radical (unpaired) electrons. The Bertz CT molecular complexity index is 701. The molecule has 1 heterocycles. The third kappa shape index (κ3) is 10.1. The van der Waals surface area contributed by atoms with Crippen LogP contribution < -0.4 is 10.1 Å². The molecule has 0 bridgehead atoms. The molecule has 0 unspecified atom stereocenters. The minimum atomic E-state index is -4.67. The minimum Gasteiger partial charge on any atom is -0.406 e. The van der Waals surface area contributed by atoms with Gasteiger partial charge in [0, 0.05) is 5.69 Å². The third-order valence-corrected chi connectivity index (χ3v) is 4.40.